The minimum absolute atomic E-state index is 0.559. The normalized spacial score (nSPS) is 12.5. The van der Waals surface area contributed by atoms with E-state index in [1.807, 2.05) is 0 Å². The summed E-state index contributed by atoms with van der Waals surface area (Å²) in [6.07, 6.45) is 0. The van der Waals surface area contributed by atoms with E-state index < -0.39 is 5.41 Å². The molecular formula is C59H41N. The van der Waals surface area contributed by atoms with Crippen molar-refractivity contribution in [1.82, 2.24) is 0 Å². The number of fused-ring (bicyclic) bond motifs is 4. The fraction of sp³-hybridized carbons (Fsp3) is 0.0169. The number of rotatable bonds is 8. The third-order valence-electron chi connectivity index (χ3n) is 12.4. The van der Waals surface area contributed by atoms with E-state index in [-0.39, 0.29) is 0 Å². The molecule has 10 aromatic rings. The van der Waals surface area contributed by atoms with Gasteiger partial charge in [0, 0.05) is 22.5 Å². The Bertz CT molecular complexity index is 3040. The Balaban J connectivity index is 1.28. The highest BCUT2D eigenvalue weighted by molar-refractivity contribution is 6.07. The van der Waals surface area contributed by atoms with Crippen LogP contribution in [0.15, 0.2) is 243 Å². The van der Waals surface area contributed by atoms with Crippen molar-refractivity contribution >= 4 is 22.1 Å². The molecule has 0 radical (unpaired) electrons. The fourth-order valence-corrected chi connectivity index (χ4v) is 9.79. The van der Waals surface area contributed by atoms with Gasteiger partial charge in [-0.2, -0.15) is 0 Å². The molecule has 60 heavy (non-hydrogen) atoms. The minimum Gasteiger partial charge on any atom is -0.354 e. The lowest BCUT2D eigenvalue weighted by Gasteiger charge is -2.34. The third-order valence-corrected chi connectivity index (χ3v) is 12.4. The Morgan fingerprint density at radius 3 is 1.40 bits per heavy atom. The predicted molar refractivity (Wildman–Crippen MR) is 253 cm³/mol. The molecule has 1 nitrogen and oxygen atoms in total. The number of hydrogen-bond donors (Lipinski definition) is 1. The first kappa shape index (κ1) is 35.4. The van der Waals surface area contributed by atoms with Crippen LogP contribution in [0.4, 0.5) is 11.4 Å². The quantitative estimate of drug-likeness (QED) is 0.163. The average molecular weight is 764 g/mol. The fourth-order valence-electron chi connectivity index (χ4n) is 9.79. The van der Waals surface area contributed by atoms with Crippen molar-refractivity contribution < 1.29 is 0 Å². The summed E-state index contributed by atoms with van der Waals surface area (Å²) in [6, 6.07) is 88.7. The molecule has 0 spiro atoms. The lowest BCUT2D eigenvalue weighted by atomic mass is 9.67. The Morgan fingerprint density at radius 1 is 0.283 bits per heavy atom. The van der Waals surface area contributed by atoms with E-state index in [2.05, 4.69) is 248 Å². The number of benzene rings is 10. The number of hydrogen-bond acceptors (Lipinski definition) is 1. The Labute approximate surface area is 351 Å². The summed E-state index contributed by atoms with van der Waals surface area (Å²) >= 11 is 0. The molecule has 0 aromatic heterocycles. The van der Waals surface area contributed by atoms with Crippen LogP contribution in [0.5, 0.6) is 0 Å². The lowest BCUT2D eigenvalue weighted by molar-refractivity contribution is 0.769. The lowest BCUT2D eigenvalue weighted by Crippen LogP contribution is -2.28. The van der Waals surface area contributed by atoms with E-state index >= 15 is 0 Å². The monoisotopic (exact) mass is 763 g/mol. The zero-order valence-electron chi connectivity index (χ0n) is 33.1. The topological polar surface area (TPSA) is 12.0 Å². The standard InChI is InChI=1S/C59H41N/c1-6-21-41(22-7-1)48-34-20-35-49(42-23-8-2-9-24-42)58(48)52-39-51-50-33-18-19-36-53(50)59(45-28-12-4-13-29-45,46-30-14-5-15-31-46)54(51)40-56(52)60-55-38-37-43-25-16-17-32-47(43)57(55)44-26-10-3-11-27-44/h1-40,60H. The summed E-state index contributed by atoms with van der Waals surface area (Å²) in [5.74, 6) is 0. The zero-order chi connectivity index (χ0) is 39.9. The van der Waals surface area contributed by atoms with Gasteiger partial charge in [0.15, 0.2) is 0 Å². The second-order valence-electron chi connectivity index (χ2n) is 15.6. The molecule has 1 heteroatoms. The maximum Gasteiger partial charge on any atom is 0.0714 e. The van der Waals surface area contributed by atoms with E-state index in [0.29, 0.717) is 0 Å². The molecule has 1 aliphatic rings. The van der Waals surface area contributed by atoms with E-state index in [0.717, 1.165) is 16.9 Å². The first-order valence-corrected chi connectivity index (χ1v) is 20.8. The summed E-state index contributed by atoms with van der Waals surface area (Å²) in [5.41, 5.74) is 18.5. The Kier molecular flexibility index (Phi) is 8.79. The van der Waals surface area contributed by atoms with Crippen LogP contribution in [0.1, 0.15) is 22.3 Å². The van der Waals surface area contributed by atoms with Gasteiger partial charge in [-0.05, 0) is 95.7 Å². The second kappa shape index (κ2) is 14.9. The molecule has 1 N–H and O–H groups in total. The molecule has 10 aromatic carbocycles. The van der Waals surface area contributed by atoms with Gasteiger partial charge in [0.2, 0.25) is 0 Å². The average Bonchev–Trinajstić information content (AvgIpc) is 3.62. The van der Waals surface area contributed by atoms with Crippen LogP contribution < -0.4 is 5.32 Å². The van der Waals surface area contributed by atoms with Crippen molar-refractivity contribution in [1.29, 1.82) is 0 Å². The highest BCUT2D eigenvalue weighted by atomic mass is 14.9. The van der Waals surface area contributed by atoms with Crippen molar-refractivity contribution in [2.45, 2.75) is 5.41 Å². The van der Waals surface area contributed by atoms with Crippen molar-refractivity contribution in [2.24, 2.45) is 0 Å². The molecular weight excluding hydrogens is 723 g/mol. The van der Waals surface area contributed by atoms with E-state index in [9.17, 15) is 0 Å². The molecule has 1 aliphatic carbocycles. The van der Waals surface area contributed by atoms with Crippen molar-refractivity contribution in [3.63, 3.8) is 0 Å². The maximum absolute atomic E-state index is 4.18. The van der Waals surface area contributed by atoms with Crippen LogP contribution in [-0.4, -0.2) is 0 Å². The summed E-state index contributed by atoms with van der Waals surface area (Å²) in [6.45, 7) is 0. The van der Waals surface area contributed by atoms with E-state index in [4.69, 9.17) is 0 Å². The van der Waals surface area contributed by atoms with Crippen LogP contribution in [-0.2, 0) is 5.41 Å². The molecule has 0 atom stereocenters. The molecule has 11 rings (SSSR count). The SMILES string of the molecule is c1ccc(-c2cccc(-c3ccccc3)c2-c2cc3c(cc2Nc2ccc4ccccc4c2-c2ccccc2)C(c2ccccc2)(c2ccccc2)c2ccccc2-3)cc1. The first-order chi connectivity index (χ1) is 29.8. The zero-order valence-corrected chi connectivity index (χ0v) is 33.1. The van der Waals surface area contributed by atoms with Crippen molar-refractivity contribution in [3.05, 3.63) is 265 Å². The van der Waals surface area contributed by atoms with Crippen LogP contribution in [0.3, 0.4) is 0 Å². The second-order valence-corrected chi connectivity index (χ2v) is 15.6. The van der Waals surface area contributed by atoms with Gasteiger partial charge in [-0.25, -0.2) is 0 Å². The third kappa shape index (κ3) is 5.78. The predicted octanol–water partition coefficient (Wildman–Crippen LogP) is 15.6. The van der Waals surface area contributed by atoms with Gasteiger partial charge in [0.05, 0.1) is 5.41 Å². The smallest absolute Gasteiger partial charge is 0.0714 e. The first-order valence-electron chi connectivity index (χ1n) is 20.8. The largest absolute Gasteiger partial charge is 0.354 e. The molecule has 0 unspecified atom stereocenters. The van der Waals surface area contributed by atoms with E-state index in [1.165, 1.54) is 83.1 Å². The van der Waals surface area contributed by atoms with Gasteiger partial charge in [-0.1, -0.05) is 224 Å². The van der Waals surface area contributed by atoms with Crippen LogP contribution in [0, 0.1) is 0 Å². The molecule has 0 saturated carbocycles. The summed E-state index contributed by atoms with van der Waals surface area (Å²) < 4.78 is 0. The van der Waals surface area contributed by atoms with Crippen LogP contribution in [0.25, 0.3) is 66.4 Å². The van der Waals surface area contributed by atoms with Crippen LogP contribution in [0.2, 0.25) is 0 Å². The van der Waals surface area contributed by atoms with Gasteiger partial charge >= 0.3 is 0 Å². The van der Waals surface area contributed by atoms with Crippen molar-refractivity contribution in [2.75, 3.05) is 5.32 Å². The van der Waals surface area contributed by atoms with E-state index in [1.54, 1.807) is 0 Å². The van der Waals surface area contributed by atoms with Gasteiger partial charge in [0.25, 0.3) is 0 Å². The highest BCUT2D eigenvalue weighted by Gasteiger charge is 2.46. The molecule has 0 bridgehead atoms. The molecule has 0 amide bonds. The summed E-state index contributed by atoms with van der Waals surface area (Å²) in [4.78, 5) is 0. The maximum atomic E-state index is 4.18. The van der Waals surface area contributed by atoms with Gasteiger partial charge in [0.1, 0.15) is 0 Å². The highest BCUT2D eigenvalue weighted by Crippen LogP contribution is 2.59. The molecule has 0 aliphatic heterocycles. The molecule has 0 fully saturated rings. The molecule has 282 valence electrons. The molecule has 0 heterocycles. The molecule has 0 saturated heterocycles. The number of nitrogens with one attached hydrogen (secondary N) is 1. The summed E-state index contributed by atoms with van der Waals surface area (Å²) in [7, 11) is 0. The van der Waals surface area contributed by atoms with Gasteiger partial charge in [-0.3, -0.25) is 0 Å². The summed E-state index contributed by atoms with van der Waals surface area (Å²) in [5, 5.41) is 6.60. The van der Waals surface area contributed by atoms with Crippen LogP contribution >= 0.6 is 0 Å². The number of anilines is 2. The Hall–Kier alpha value is -7.74. The van der Waals surface area contributed by atoms with Gasteiger partial charge in [-0.15, -0.1) is 0 Å². The van der Waals surface area contributed by atoms with Crippen molar-refractivity contribution in [3.8, 4) is 55.6 Å². The van der Waals surface area contributed by atoms with Gasteiger partial charge < -0.3 is 5.32 Å². The Morgan fingerprint density at radius 2 is 0.783 bits per heavy atom. The minimum atomic E-state index is -0.559.